The number of rotatable bonds is 2. The Hall–Kier alpha value is -2.14. The molecule has 4 nitrogen and oxygen atoms in total. The van der Waals surface area contributed by atoms with Crippen LogP contribution < -0.4 is 4.90 Å². The molecule has 0 N–H and O–H groups in total. The van der Waals surface area contributed by atoms with E-state index in [0.717, 1.165) is 29.5 Å². The fraction of sp³-hybridized carbons (Fsp3) is 0.421. The van der Waals surface area contributed by atoms with Crippen LogP contribution in [0.3, 0.4) is 0 Å². The van der Waals surface area contributed by atoms with Gasteiger partial charge in [-0.1, -0.05) is 12.1 Å². The summed E-state index contributed by atoms with van der Waals surface area (Å²) in [5.74, 6) is -0.435. The molecule has 5 heteroatoms. The summed E-state index contributed by atoms with van der Waals surface area (Å²) in [6.45, 7) is 8.36. The maximum absolute atomic E-state index is 13.4. The second-order valence-electron chi connectivity index (χ2n) is 7.19. The topological polar surface area (TPSA) is 32.8 Å². The van der Waals surface area contributed by atoms with Crippen LogP contribution in [0.4, 0.5) is 10.1 Å². The van der Waals surface area contributed by atoms with E-state index in [9.17, 15) is 9.18 Å². The van der Waals surface area contributed by atoms with E-state index in [1.165, 1.54) is 6.07 Å². The first-order valence-corrected chi connectivity index (χ1v) is 8.25. The number of hydrogen-bond acceptors (Lipinski definition) is 4. The first-order valence-electron chi connectivity index (χ1n) is 8.25. The van der Waals surface area contributed by atoms with Crippen molar-refractivity contribution in [1.82, 2.24) is 5.06 Å². The lowest BCUT2D eigenvalue weighted by Crippen LogP contribution is -2.48. The van der Waals surface area contributed by atoms with Gasteiger partial charge < -0.3 is 9.74 Å². The molecule has 3 rings (SSSR count). The van der Waals surface area contributed by atoms with Crippen LogP contribution in [0.1, 0.15) is 20.8 Å². The molecule has 0 atom stereocenters. The fourth-order valence-electron chi connectivity index (χ4n) is 2.79. The van der Waals surface area contributed by atoms with Crippen LogP contribution in [-0.4, -0.2) is 37.2 Å². The Morgan fingerprint density at radius 1 is 1.08 bits per heavy atom. The molecule has 1 aliphatic rings. The standard InChI is InChI=1S/C19H23FN2O2/c1-19(2,3)18(23)24-22-11-9-21(10-12-22)17-6-4-5-14-13-15(20)7-8-16(14)17/h4-8,13H,9-12H2,1-3H3. The van der Waals surface area contributed by atoms with Gasteiger partial charge in [-0.15, -0.1) is 5.06 Å². The first kappa shape index (κ1) is 16.7. The zero-order valence-electron chi connectivity index (χ0n) is 14.4. The Bertz CT molecular complexity index is 747. The third kappa shape index (κ3) is 3.51. The van der Waals surface area contributed by atoms with Crippen molar-refractivity contribution in [2.45, 2.75) is 20.8 Å². The quantitative estimate of drug-likeness (QED) is 0.842. The van der Waals surface area contributed by atoms with Gasteiger partial charge in [-0.3, -0.25) is 0 Å². The summed E-state index contributed by atoms with van der Waals surface area (Å²) < 4.78 is 13.4. The van der Waals surface area contributed by atoms with Crippen LogP contribution in [0, 0.1) is 11.2 Å². The van der Waals surface area contributed by atoms with E-state index in [1.54, 1.807) is 11.1 Å². The van der Waals surface area contributed by atoms with E-state index in [4.69, 9.17) is 4.84 Å². The first-order chi connectivity index (χ1) is 11.3. The monoisotopic (exact) mass is 330 g/mol. The lowest BCUT2D eigenvalue weighted by Gasteiger charge is -2.36. The number of anilines is 1. The minimum absolute atomic E-state index is 0.211. The number of carbonyl (C=O) groups excluding carboxylic acids is 1. The predicted octanol–water partition coefficient (Wildman–Crippen LogP) is 3.61. The Morgan fingerprint density at radius 2 is 1.79 bits per heavy atom. The van der Waals surface area contributed by atoms with Gasteiger partial charge in [0.25, 0.3) is 0 Å². The normalized spacial score (nSPS) is 16.4. The van der Waals surface area contributed by atoms with E-state index in [2.05, 4.69) is 11.0 Å². The highest BCUT2D eigenvalue weighted by atomic mass is 19.1. The van der Waals surface area contributed by atoms with Gasteiger partial charge in [0.2, 0.25) is 0 Å². The molecule has 1 aliphatic heterocycles. The predicted molar refractivity (Wildman–Crippen MR) is 93.2 cm³/mol. The van der Waals surface area contributed by atoms with Crippen LogP contribution in [0.15, 0.2) is 36.4 Å². The highest BCUT2D eigenvalue weighted by Crippen LogP contribution is 2.28. The Morgan fingerprint density at radius 3 is 2.46 bits per heavy atom. The van der Waals surface area contributed by atoms with Gasteiger partial charge in [0.1, 0.15) is 5.82 Å². The molecule has 0 bridgehead atoms. The van der Waals surface area contributed by atoms with Crippen LogP contribution in [-0.2, 0) is 9.63 Å². The van der Waals surface area contributed by atoms with Crippen LogP contribution in [0.25, 0.3) is 10.8 Å². The molecule has 1 heterocycles. The molecular weight excluding hydrogens is 307 g/mol. The molecule has 0 saturated carbocycles. The van der Waals surface area contributed by atoms with Crippen molar-refractivity contribution in [1.29, 1.82) is 0 Å². The smallest absolute Gasteiger partial charge is 0.330 e. The van der Waals surface area contributed by atoms with Crippen molar-refractivity contribution < 1.29 is 14.0 Å². The van der Waals surface area contributed by atoms with Gasteiger partial charge in [0.05, 0.1) is 18.5 Å². The summed E-state index contributed by atoms with van der Waals surface area (Å²) in [6.07, 6.45) is 0. The molecule has 0 unspecified atom stereocenters. The summed E-state index contributed by atoms with van der Waals surface area (Å²) in [5.41, 5.74) is 0.589. The molecule has 1 saturated heterocycles. The Labute approximate surface area is 141 Å². The molecule has 0 radical (unpaired) electrons. The minimum Gasteiger partial charge on any atom is -0.368 e. The lowest BCUT2D eigenvalue weighted by atomic mass is 9.98. The second-order valence-corrected chi connectivity index (χ2v) is 7.19. The molecular formula is C19H23FN2O2. The Balaban J connectivity index is 1.70. The van der Waals surface area contributed by atoms with Crippen molar-refractivity contribution in [3.63, 3.8) is 0 Å². The van der Waals surface area contributed by atoms with Gasteiger partial charge in [0, 0.05) is 24.2 Å². The minimum atomic E-state index is -0.503. The SMILES string of the molecule is CC(C)(C)C(=O)ON1CCN(c2cccc3cc(F)ccc23)CC1. The average molecular weight is 330 g/mol. The molecule has 0 aliphatic carbocycles. The molecule has 2 aromatic rings. The summed E-state index contributed by atoms with van der Waals surface area (Å²) in [6, 6.07) is 10.8. The number of carbonyl (C=O) groups is 1. The van der Waals surface area contributed by atoms with Crippen LogP contribution in [0.2, 0.25) is 0 Å². The maximum Gasteiger partial charge on any atom is 0.330 e. The number of hydroxylamine groups is 2. The summed E-state index contributed by atoms with van der Waals surface area (Å²) in [4.78, 5) is 19.7. The number of benzene rings is 2. The number of fused-ring (bicyclic) bond motifs is 1. The Kier molecular flexibility index (Phi) is 4.45. The van der Waals surface area contributed by atoms with Crippen LogP contribution >= 0.6 is 0 Å². The fourth-order valence-corrected chi connectivity index (χ4v) is 2.79. The highest BCUT2D eigenvalue weighted by molar-refractivity contribution is 5.94. The van der Waals surface area contributed by atoms with Gasteiger partial charge in [-0.25, -0.2) is 9.18 Å². The number of hydrogen-bond donors (Lipinski definition) is 0. The van der Waals surface area contributed by atoms with Crippen molar-refractivity contribution in [2.75, 3.05) is 31.1 Å². The number of piperazine rings is 1. The highest BCUT2D eigenvalue weighted by Gasteiger charge is 2.28. The summed E-state index contributed by atoms with van der Waals surface area (Å²) in [7, 11) is 0. The van der Waals surface area contributed by atoms with E-state index in [-0.39, 0.29) is 11.8 Å². The molecule has 0 amide bonds. The maximum atomic E-state index is 13.4. The van der Waals surface area contributed by atoms with E-state index < -0.39 is 5.41 Å². The van der Waals surface area contributed by atoms with Gasteiger partial charge in [0.15, 0.2) is 0 Å². The van der Waals surface area contributed by atoms with Crippen molar-refractivity contribution >= 4 is 22.4 Å². The largest absolute Gasteiger partial charge is 0.368 e. The molecule has 2 aromatic carbocycles. The summed E-state index contributed by atoms with van der Waals surface area (Å²) >= 11 is 0. The zero-order valence-corrected chi connectivity index (χ0v) is 14.4. The van der Waals surface area contributed by atoms with Crippen molar-refractivity contribution in [3.05, 3.63) is 42.2 Å². The average Bonchev–Trinajstić information content (AvgIpc) is 2.54. The molecule has 1 fully saturated rings. The van der Waals surface area contributed by atoms with E-state index >= 15 is 0 Å². The van der Waals surface area contributed by atoms with Crippen molar-refractivity contribution in [2.24, 2.45) is 5.41 Å². The molecule has 128 valence electrons. The van der Waals surface area contributed by atoms with Gasteiger partial charge in [-0.05, 0) is 50.4 Å². The molecule has 0 spiro atoms. The lowest BCUT2D eigenvalue weighted by molar-refractivity contribution is -0.201. The third-order valence-electron chi connectivity index (χ3n) is 4.22. The third-order valence-corrected chi connectivity index (χ3v) is 4.22. The zero-order chi connectivity index (χ0) is 17.3. The van der Waals surface area contributed by atoms with E-state index in [0.29, 0.717) is 13.1 Å². The number of halogens is 1. The molecule has 24 heavy (non-hydrogen) atoms. The summed E-state index contributed by atoms with van der Waals surface area (Å²) in [5, 5.41) is 3.67. The van der Waals surface area contributed by atoms with Crippen LogP contribution in [0.5, 0.6) is 0 Å². The number of nitrogens with zero attached hydrogens (tertiary/aromatic N) is 2. The van der Waals surface area contributed by atoms with Gasteiger partial charge >= 0.3 is 5.97 Å². The van der Waals surface area contributed by atoms with E-state index in [1.807, 2.05) is 39.0 Å². The molecule has 0 aromatic heterocycles. The second kappa shape index (κ2) is 6.40. The van der Waals surface area contributed by atoms with Crippen molar-refractivity contribution in [3.8, 4) is 0 Å². The van der Waals surface area contributed by atoms with Gasteiger partial charge in [-0.2, -0.15) is 0 Å².